The van der Waals surface area contributed by atoms with Gasteiger partial charge in [0.05, 0.1) is 5.69 Å². The Hall–Kier alpha value is -4.06. The first-order valence-electron chi connectivity index (χ1n) is 9.41. The third-order valence-electron chi connectivity index (χ3n) is 5.01. The van der Waals surface area contributed by atoms with Gasteiger partial charge >= 0.3 is 0 Å². The number of fused-ring (bicyclic) bond motifs is 1. The molecule has 1 heterocycles. The van der Waals surface area contributed by atoms with Crippen LogP contribution in [0.4, 0.5) is 11.4 Å². The molecule has 1 N–H and O–H groups in total. The lowest BCUT2D eigenvalue weighted by Gasteiger charge is -2.32. The van der Waals surface area contributed by atoms with Gasteiger partial charge in [0.15, 0.2) is 5.78 Å². The molecule has 0 spiro atoms. The molecule has 0 aromatic heterocycles. The minimum absolute atomic E-state index is 0.122. The van der Waals surface area contributed by atoms with E-state index in [9.17, 15) is 19.2 Å². The van der Waals surface area contributed by atoms with Crippen LogP contribution in [0.3, 0.4) is 0 Å². The Bertz CT molecular complexity index is 1150. The summed E-state index contributed by atoms with van der Waals surface area (Å²) in [7, 11) is 0. The second kappa shape index (κ2) is 7.75. The van der Waals surface area contributed by atoms with Crippen LogP contribution in [0.1, 0.15) is 39.1 Å². The summed E-state index contributed by atoms with van der Waals surface area (Å²) in [6.07, 6.45) is 0. The summed E-state index contributed by atoms with van der Waals surface area (Å²) in [4.78, 5) is 52.0. The molecule has 1 unspecified atom stereocenters. The molecule has 30 heavy (non-hydrogen) atoms. The number of nitrogens with zero attached hydrogens (tertiary/aromatic N) is 1. The fourth-order valence-corrected chi connectivity index (χ4v) is 3.51. The molecule has 1 aliphatic rings. The van der Waals surface area contributed by atoms with Crippen LogP contribution in [0.5, 0.6) is 0 Å². The minimum atomic E-state index is -1.17. The van der Waals surface area contributed by atoms with E-state index in [2.05, 4.69) is 5.32 Å². The number of para-hydroxylation sites is 1. The average molecular weight is 398 g/mol. The third kappa shape index (κ3) is 3.39. The third-order valence-corrected chi connectivity index (χ3v) is 5.01. The molecule has 0 bridgehead atoms. The zero-order valence-corrected chi connectivity index (χ0v) is 16.2. The van der Waals surface area contributed by atoms with Crippen molar-refractivity contribution in [2.24, 2.45) is 0 Å². The summed E-state index contributed by atoms with van der Waals surface area (Å²) in [6, 6.07) is 21.6. The molecule has 3 amide bonds. The van der Waals surface area contributed by atoms with Crippen molar-refractivity contribution in [2.45, 2.75) is 12.8 Å². The van der Waals surface area contributed by atoms with Gasteiger partial charge < -0.3 is 5.32 Å². The molecule has 0 aliphatic carbocycles. The van der Waals surface area contributed by atoms with Gasteiger partial charge in [0, 0.05) is 16.8 Å². The second-order valence-corrected chi connectivity index (χ2v) is 6.96. The highest BCUT2D eigenvalue weighted by molar-refractivity contribution is 6.31. The van der Waals surface area contributed by atoms with Crippen LogP contribution in [-0.4, -0.2) is 23.5 Å². The fraction of sp³-hybridized carbons (Fsp3) is 0.0833. The van der Waals surface area contributed by atoms with E-state index in [1.807, 2.05) is 6.07 Å². The summed E-state index contributed by atoms with van der Waals surface area (Å²) in [5, 5.41) is 2.75. The molecule has 4 rings (SSSR count). The summed E-state index contributed by atoms with van der Waals surface area (Å²) in [5.74, 6) is -2.95. The number of ketones is 1. The van der Waals surface area contributed by atoms with Crippen molar-refractivity contribution in [3.05, 3.63) is 95.6 Å². The first-order chi connectivity index (χ1) is 14.5. The zero-order chi connectivity index (χ0) is 21.3. The van der Waals surface area contributed by atoms with E-state index in [0.29, 0.717) is 28.1 Å². The molecule has 0 radical (unpaired) electrons. The molecule has 1 aliphatic heterocycles. The van der Waals surface area contributed by atoms with Gasteiger partial charge in [0.25, 0.3) is 11.8 Å². The molecule has 6 nitrogen and oxygen atoms in total. The molecule has 3 aromatic carbocycles. The molecule has 0 saturated heterocycles. The van der Waals surface area contributed by atoms with Gasteiger partial charge in [-0.25, -0.2) is 4.90 Å². The summed E-state index contributed by atoms with van der Waals surface area (Å²) >= 11 is 0. The van der Waals surface area contributed by atoms with Crippen LogP contribution >= 0.6 is 0 Å². The maximum Gasteiger partial charge on any atom is 0.265 e. The molecule has 3 aromatic rings. The second-order valence-electron chi connectivity index (χ2n) is 6.96. The molecule has 1 atom stereocenters. The number of benzene rings is 3. The predicted molar refractivity (Wildman–Crippen MR) is 113 cm³/mol. The monoisotopic (exact) mass is 398 g/mol. The van der Waals surface area contributed by atoms with Crippen LogP contribution in [0.2, 0.25) is 0 Å². The smallest absolute Gasteiger partial charge is 0.265 e. The van der Waals surface area contributed by atoms with Crippen molar-refractivity contribution in [3.63, 3.8) is 0 Å². The zero-order valence-electron chi connectivity index (χ0n) is 16.2. The van der Waals surface area contributed by atoms with Gasteiger partial charge in [0.1, 0.15) is 5.92 Å². The summed E-state index contributed by atoms with van der Waals surface area (Å²) in [6.45, 7) is 1.44. The first-order valence-corrected chi connectivity index (χ1v) is 9.41. The molecular weight excluding hydrogens is 380 g/mol. The van der Waals surface area contributed by atoms with E-state index in [1.54, 1.807) is 60.7 Å². The van der Waals surface area contributed by atoms with Crippen molar-refractivity contribution in [1.29, 1.82) is 0 Å². The number of hydrogen-bond acceptors (Lipinski definition) is 4. The van der Waals surface area contributed by atoms with Gasteiger partial charge in [-0.3, -0.25) is 19.2 Å². The van der Waals surface area contributed by atoms with Gasteiger partial charge in [-0.15, -0.1) is 0 Å². The van der Waals surface area contributed by atoms with Crippen molar-refractivity contribution >= 4 is 34.9 Å². The predicted octanol–water partition coefficient (Wildman–Crippen LogP) is 3.80. The Morgan fingerprint density at radius 2 is 1.47 bits per heavy atom. The maximum atomic E-state index is 13.3. The number of rotatable bonds is 4. The Morgan fingerprint density at radius 3 is 2.13 bits per heavy atom. The van der Waals surface area contributed by atoms with Crippen LogP contribution in [0.25, 0.3) is 0 Å². The van der Waals surface area contributed by atoms with E-state index in [1.165, 1.54) is 19.1 Å². The highest BCUT2D eigenvalue weighted by Gasteiger charge is 2.43. The topological polar surface area (TPSA) is 83.6 Å². The van der Waals surface area contributed by atoms with Gasteiger partial charge in [-0.1, -0.05) is 36.4 Å². The van der Waals surface area contributed by atoms with Gasteiger partial charge in [0.2, 0.25) is 5.91 Å². The molecule has 0 saturated carbocycles. The van der Waals surface area contributed by atoms with Crippen molar-refractivity contribution in [1.82, 2.24) is 0 Å². The molecule has 148 valence electrons. The Balaban J connectivity index is 1.75. The number of imide groups is 1. The van der Waals surface area contributed by atoms with Crippen LogP contribution in [0, 0.1) is 0 Å². The van der Waals surface area contributed by atoms with Crippen molar-refractivity contribution in [2.75, 3.05) is 10.2 Å². The van der Waals surface area contributed by atoms with Crippen molar-refractivity contribution in [3.8, 4) is 0 Å². The quantitative estimate of drug-likeness (QED) is 0.412. The average Bonchev–Trinajstić information content (AvgIpc) is 2.75. The van der Waals surface area contributed by atoms with E-state index >= 15 is 0 Å². The molecule has 6 heteroatoms. The lowest BCUT2D eigenvalue weighted by atomic mass is 9.87. The van der Waals surface area contributed by atoms with E-state index in [4.69, 9.17) is 0 Å². The first kappa shape index (κ1) is 19.3. The SMILES string of the molecule is CC(=O)c1ccc(N2C(=O)c3ccccc3C(C(=O)Nc3ccccc3)C2=O)cc1. The van der Waals surface area contributed by atoms with Crippen molar-refractivity contribution < 1.29 is 19.2 Å². The molecule has 0 fully saturated rings. The minimum Gasteiger partial charge on any atom is -0.325 e. The standard InChI is InChI=1S/C24H18N2O4/c1-15(27)16-11-13-18(14-12-16)26-23(29)20-10-6-5-9-19(20)21(24(26)30)22(28)25-17-7-3-2-4-8-17/h2-14,21H,1H3,(H,25,28). The number of amides is 3. The fourth-order valence-electron chi connectivity index (χ4n) is 3.51. The number of hydrogen-bond donors (Lipinski definition) is 1. The summed E-state index contributed by atoms with van der Waals surface area (Å²) < 4.78 is 0. The highest BCUT2D eigenvalue weighted by atomic mass is 16.2. The largest absolute Gasteiger partial charge is 0.325 e. The number of anilines is 2. The van der Waals surface area contributed by atoms with E-state index < -0.39 is 23.6 Å². The Labute approximate surface area is 173 Å². The van der Waals surface area contributed by atoms with E-state index in [0.717, 1.165) is 4.90 Å². The highest BCUT2D eigenvalue weighted by Crippen LogP contribution is 2.33. The lowest BCUT2D eigenvalue weighted by Crippen LogP contribution is -2.48. The normalized spacial score (nSPS) is 15.5. The Kier molecular flexibility index (Phi) is 4.98. The number of carbonyl (C=O) groups is 4. The van der Waals surface area contributed by atoms with Gasteiger partial charge in [-0.2, -0.15) is 0 Å². The van der Waals surface area contributed by atoms with Crippen LogP contribution in [0.15, 0.2) is 78.9 Å². The van der Waals surface area contributed by atoms with Gasteiger partial charge in [-0.05, 0) is 55.0 Å². The lowest BCUT2D eigenvalue weighted by molar-refractivity contribution is -0.127. The van der Waals surface area contributed by atoms with Crippen LogP contribution < -0.4 is 10.2 Å². The maximum absolute atomic E-state index is 13.3. The number of carbonyl (C=O) groups excluding carboxylic acids is 4. The number of Topliss-reactive ketones (excluding diaryl/α,β-unsaturated/α-hetero) is 1. The number of nitrogens with one attached hydrogen (secondary N) is 1. The molecular formula is C24H18N2O4. The Morgan fingerprint density at radius 1 is 0.833 bits per heavy atom. The van der Waals surface area contributed by atoms with E-state index in [-0.39, 0.29) is 5.78 Å². The summed E-state index contributed by atoms with van der Waals surface area (Å²) in [5.41, 5.74) is 2.00. The van der Waals surface area contributed by atoms with Crippen LogP contribution in [-0.2, 0) is 9.59 Å².